The largest absolute Gasteiger partial charge is 0.493 e. The predicted octanol–water partition coefficient (Wildman–Crippen LogP) is 4.97. The lowest BCUT2D eigenvalue weighted by Gasteiger charge is -2.62. The average molecular weight is 482 g/mol. The van der Waals surface area contributed by atoms with Crippen LogP contribution in [-0.2, 0) is 18.3 Å². The number of aliphatic hydroxyl groups is 1. The van der Waals surface area contributed by atoms with Crippen LogP contribution in [0.4, 0.5) is 0 Å². The monoisotopic (exact) mass is 481 g/mol. The summed E-state index contributed by atoms with van der Waals surface area (Å²) in [6.45, 7) is 1.04. The zero-order valence-electron chi connectivity index (χ0n) is 20.3. The molecule has 4 nitrogen and oxygen atoms in total. The number of aliphatic hydroxyl groups excluding tert-OH is 1. The summed E-state index contributed by atoms with van der Waals surface area (Å²) in [4.78, 5) is 2.55. The fraction of sp³-hybridized carbons (Fsp3) is 0.586. The molecule has 2 aromatic carbocycles. The number of benzene rings is 2. The Bertz CT molecular complexity index is 1060. The van der Waals surface area contributed by atoms with Gasteiger partial charge in [0.1, 0.15) is 6.10 Å². The molecule has 2 aliphatic heterocycles. The number of nitrogens with zero attached hydrogens (tertiary/aromatic N) is 1. The smallest absolute Gasteiger partial charge is 0.165 e. The molecular formula is C29H36ClNO3. The van der Waals surface area contributed by atoms with Crippen molar-refractivity contribution in [1.82, 2.24) is 4.90 Å². The fourth-order valence-electron chi connectivity index (χ4n) is 7.93. The maximum atomic E-state index is 12.0. The molecule has 2 aliphatic carbocycles. The van der Waals surface area contributed by atoms with Gasteiger partial charge in [0.25, 0.3) is 0 Å². The fourth-order valence-corrected chi connectivity index (χ4v) is 8.33. The molecule has 6 atom stereocenters. The highest BCUT2D eigenvalue weighted by Gasteiger charge is 2.69. The predicted molar refractivity (Wildman–Crippen MR) is 135 cm³/mol. The van der Waals surface area contributed by atoms with Crippen LogP contribution in [0.5, 0.6) is 11.5 Å². The second kappa shape index (κ2) is 8.43. The number of likely N-dealkylation sites (N-methyl/N-ethyl adjacent to an activating group) is 1. The van der Waals surface area contributed by atoms with Gasteiger partial charge in [-0.2, -0.15) is 0 Å². The number of halogens is 1. The summed E-state index contributed by atoms with van der Waals surface area (Å²) in [6.07, 6.45) is 6.37. The van der Waals surface area contributed by atoms with E-state index in [0.717, 1.165) is 63.0 Å². The van der Waals surface area contributed by atoms with E-state index < -0.39 is 6.10 Å². The lowest BCUT2D eigenvalue weighted by molar-refractivity contribution is -0.160. The van der Waals surface area contributed by atoms with Crippen LogP contribution < -0.4 is 9.47 Å². The Hall–Kier alpha value is -1.75. The van der Waals surface area contributed by atoms with Gasteiger partial charge in [-0.25, -0.2) is 0 Å². The van der Waals surface area contributed by atoms with Crippen LogP contribution in [0.2, 0.25) is 0 Å². The van der Waals surface area contributed by atoms with Gasteiger partial charge in [-0.05, 0) is 75.2 Å². The van der Waals surface area contributed by atoms with E-state index in [4.69, 9.17) is 21.1 Å². The number of hydrogen-bond acceptors (Lipinski definition) is 4. The minimum Gasteiger partial charge on any atom is -0.493 e. The van der Waals surface area contributed by atoms with Crippen molar-refractivity contribution in [3.8, 4) is 11.5 Å². The molecule has 2 heterocycles. The van der Waals surface area contributed by atoms with E-state index in [2.05, 4.69) is 48.3 Å². The van der Waals surface area contributed by atoms with Crippen LogP contribution in [0.25, 0.3) is 0 Å². The Labute approximate surface area is 208 Å². The first-order valence-corrected chi connectivity index (χ1v) is 13.4. The van der Waals surface area contributed by atoms with Gasteiger partial charge in [0.05, 0.1) is 13.2 Å². The number of unbranched alkanes of at least 4 members (excludes halogenated alkanes) is 1. The van der Waals surface area contributed by atoms with Crippen molar-refractivity contribution in [3.63, 3.8) is 0 Å². The number of hydrogen-bond donors (Lipinski definition) is 1. The van der Waals surface area contributed by atoms with E-state index in [1.807, 2.05) is 6.07 Å². The number of likely N-dealkylation sites (tertiary alicyclic amines) is 1. The van der Waals surface area contributed by atoms with Gasteiger partial charge in [0.2, 0.25) is 0 Å². The Morgan fingerprint density at radius 3 is 2.76 bits per heavy atom. The first-order valence-electron chi connectivity index (χ1n) is 12.9. The van der Waals surface area contributed by atoms with Gasteiger partial charge in [0, 0.05) is 28.3 Å². The molecular weight excluding hydrogens is 446 g/mol. The molecule has 1 saturated carbocycles. The number of alkyl halides is 1. The summed E-state index contributed by atoms with van der Waals surface area (Å²) < 4.78 is 12.5. The third kappa shape index (κ3) is 3.11. The number of piperidine rings is 1. The Kier molecular flexibility index (Phi) is 5.63. The minimum atomic E-state index is -0.579. The molecule has 3 unspecified atom stereocenters. The lowest BCUT2D eigenvalue weighted by Crippen LogP contribution is -2.70. The van der Waals surface area contributed by atoms with Crippen molar-refractivity contribution in [2.24, 2.45) is 11.3 Å². The highest BCUT2D eigenvalue weighted by molar-refractivity contribution is 6.18. The average Bonchev–Trinajstić information content (AvgIpc) is 3.22. The molecule has 0 aromatic heterocycles. The van der Waals surface area contributed by atoms with Crippen molar-refractivity contribution in [2.75, 3.05) is 26.6 Å². The number of aryl methyl sites for hydroxylation is 1. The van der Waals surface area contributed by atoms with Gasteiger partial charge in [0.15, 0.2) is 11.5 Å². The molecule has 1 saturated heterocycles. The standard InChI is InChI=1S/C29H36ClNO3/c1-31-15-14-29-21-17-28(18-30,13-7-6-10-19-8-4-3-5-9-19)26(32)27(29)34-25-23(33-2)12-11-20(24(25)29)16-22(21)31/h3-5,8-9,11-12,21-22,26-27,32H,6-7,10,13-18H2,1-2H3/t21-,22+,26?,27?,28?,29-/m0/s1. The first kappa shape index (κ1) is 22.7. The molecule has 4 aliphatic rings. The molecule has 1 N–H and O–H groups in total. The van der Waals surface area contributed by atoms with E-state index in [0.29, 0.717) is 17.8 Å². The van der Waals surface area contributed by atoms with Crippen molar-refractivity contribution in [1.29, 1.82) is 0 Å². The van der Waals surface area contributed by atoms with E-state index in [1.165, 1.54) is 16.7 Å². The Balaban J connectivity index is 1.33. The van der Waals surface area contributed by atoms with Crippen LogP contribution in [0.15, 0.2) is 42.5 Å². The highest BCUT2D eigenvalue weighted by atomic mass is 35.5. The second-order valence-corrected chi connectivity index (χ2v) is 11.4. The van der Waals surface area contributed by atoms with Crippen LogP contribution >= 0.6 is 11.6 Å². The molecule has 6 rings (SSSR count). The van der Waals surface area contributed by atoms with Gasteiger partial charge < -0.3 is 19.5 Å². The third-order valence-corrected chi connectivity index (χ3v) is 10.2. The maximum absolute atomic E-state index is 12.0. The summed E-state index contributed by atoms with van der Waals surface area (Å²) in [5.41, 5.74) is 3.63. The quantitative estimate of drug-likeness (QED) is 0.447. The Morgan fingerprint density at radius 2 is 2.00 bits per heavy atom. The van der Waals surface area contributed by atoms with Gasteiger partial charge >= 0.3 is 0 Å². The maximum Gasteiger partial charge on any atom is 0.165 e. The highest BCUT2D eigenvalue weighted by Crippen LogP contribution is 2.67. The van der Waals surface area contributed by atoms with E-state index >= 15 is 0 Å². The Morgan fingerprint density at radius 1 is 1.18 bits per heavy atom. The normalized spacial score (nSPS) is 35.5. The van der Waals surface area contributed by atoms with E-state index in [-0.39, 0.29) is 16.9 Å². The zero-order chi connectivity index (χ0) is 23.5. The van der Waals surface area contributed by atoms with Crippen LogP contribution in [0, 0.1) is 11.3 Å². The number of ether oxygens (including phenoxy) is 2. The SMILES string of the molecule is COc1ccc2c3c1OC1C(O)C(CCl)(CCCCc4ccccc4)C[C@H]4[C@@H](C2)N(C)CC[C@]314. The first-order chi connectivity index (χ1) is 16.5. The van der Waals surface area contributed by atoms with E-state index in [9.17, 15) is 5.11 Å². The molecule has 2 aromatic rings. The zero-order valence-corrected chi connectivity index (χ0v) is 21.1. The minimum absolute atomic E-state index is 0.131. The number of rotatable bonds is 7. The summed E-state index contributed by atoms with van der Waals surface area (Å²) in [5, 5.41) is 12.0. The molecule has 1 spiro atoms. The molecule has 2 fully saturated rings. The van der Waals surface area contributed by atoms with Gasteiger partial charge in [-0.3, -0.25) is 0 Å². The molecule has 182 valence electrons. The van der Waals surface area contributed by atoms with Crippen LogP contribution in [0.3, 0.4) is 0 Å². The summed E-state index contributed by atoms with van der Waals surface area (Å²) in [6, 6.07) is 15.4. The van der Waals surface area contributed by atoms with Crippen LogP contribution in [0.1, 0.15) is 48.8 Å². The van der Waals surface area contributed by atoms with Crippen LogP contribution in [-0.4, -0.2) is 54.8 Å². The van der Waals surface area contributed by atoms with Crippen molar-refractivity contribution in [3.05, 3.63) is 59.2 Å². The summed E-state index contributed by atoms with van der Waals surface area (Å²) in [7, 11) is 3.98. The molecule has 0 radical (unpaired) electrons. The molecule has 2 bridgehead atoms. The van der Waals surface area contributed by atoms with Crippen molar-refractivity contribution >= 4 is 11.6 Å². The third-order valence-electron chi connectivity index (χ3n) is 9.68. The van der Waals surface area contributed by atoms with Gasteiger partial charge in [-0.15, -0.1) is 11.6 Å². The lowest BCUT2D eigenvalue weighted by atomic mass is 9.46. The number of methoxy groups -OCH3 is 1. The molecule has 0 amide bonds. The van der Waals surface area contributed by atoms with Crippen molar-refractivity contribution in [2.45, 2.75) is 68.6 Å². The molecule has 5 heteroatoms. The van der Waals surface area contributed by atoms with Gasteiger partial charge in [-0.1, -0.05) is 42.8 Å². The molecule has 34 heavy (non-hydrogen) atoms. The second-order valence-electron chi connectivity index (χ2n) is 11.2. The van der Waals surface area contributed by atoms with E-state index in [1.54, 1.807) is 7.11 Å². The topological polar surface area (TPSA) is 41.9 Å². The summed E-state index contributed by atoms with van der Waals surface area (Å²) >= 11 is 6.76. The summed E-state index contributed by atoms with van der Waals surface area (Å²) in [5.74, 6) is 2.59. The van der Waals surface area contributed by atoms with Crippen molar-refractivity contribution < 1.29 is 14.6 Å².